The van der Waals surface area contributed by atoms with E-state index in [0.29, 0.717) is 21.7 Å². The highest BCUT2D eigenvalue weighted by Gasteiger charge is 2.15. The highest BCUT2D eigenvalue weighted by Crippen LogP contribution is 2.30. The number of nitrogens with zero attached hydrogens (tertiary/aromatic N) is 3. The van der Waals surface area contributed by atoms with Crippen LogP contribution in [0.3, 0.4) is 0 Å². The van der Waals surface area contributed by atoms with Crippen molar-refractivity contribution in [3.63, 3.8) is 0 Å². The largest absolute Gasteiger partial charge is 0.317 e. The molecule has 0 atom stereocenters. The molecule has 0 radical (unpaired) electrons. The van der Waals surface area contributed by atoms with Crippen LogP contribution in [0, 0.1) is 0 Å². The molecule has 3 rings (SSSR count). The van der Waals surface area contributed by atoms with Crippen LogP contribution in [0.4, 0.5) is 5.69 Å². The first-order valence-corrected chi connectivity index (χ1v) is 7.07. The average Bonchev–Trinajstić information content (AvgIpc) is 2.93. The number of halogens is 1. The summed E-state index contributed by atoms with van der Waals surface area (Å²) in [5, 5.41) is 3.06. The van der Waals surface area contributed by atoms with Gasteiger partial charge < -0.3 is 9.88 Å². The quantitative estimate of drug-likeness (QED) is 0.786. The zero-order chi connectivity index (χ0) is 15.0. The lowest BCUT2D eigenvalue weighted by molar-refractivity contribution is 0.101. The molecular formula is C13H9ClN4O2S. The van der Waals surface area contributed by atoms with E-state index in [9.17, 15) is 9.59 Å². The fraction of sp³-hybridized carbons (Fsp3) is 0.0769. The Hall–Kier alpha value is -2.25. The fourth-order valence-corrected chi connectivity index (χ4v) is 2.66. The van der Waals surface area contributed by atoms with Gasteiger partial charge in [-0.05, 0) is 18.2 Å². The van der Waals surface area contributed by atoms with Gasteiger partial charge in [-0.25, -0.2) is 0 Å². The van der Waals surface area contributed by atoms with Crippen molar-refractivity contribution in [1.82, 2.24) is 13.3 Å². The number of carbonyl (C=O) groups is 1. The van der Waals surface area contributed by atoms with Gasteiger partial charge in [0.05, 0.1) is 22.4 Å². The minimum Gasteiger partial charge on any atom is -0.317 e. The van der Waals surface area contributed by atoms with Crippen LogP contribution in [0.1, 0.15) is 10.5 Å². The average molecular weight is 321 g/mol. The van der Waals surface area contributed by atoms with Crippen LogP contribution in [0.2, 0.25) is 5.02 Å². The van der Waals surface area contributed by atoms with Crippen molar-refractivity contribution in [2.45, 2.75) is 0 Å². The van der Waals surface area contributed by atoms with E-state index in [1.165, 1.54) is 23.7 Å². The molecule has 6 nitrogen and oxygen atoms in total. The summed E-state index contributed by atoms with van der Waals surface area (Å²) >= 11 is 7.16. The highest BCUT2D eigenvalue weighted by molar-refractivity contribution is 7.00. The Bertz CT molecular complexity index is 903. The maximum atomic E-state index is 12.3. The maximum absolute atomic E-state index is 12.3. The first-order valence-electron chi connectivity index (χ1n) is 5.96. The van der Waals surface area contributed by atoms with Gasteiger partial charge in [-0.1, -0.05) is 17.7 Å². The number of benzene rings is 1. The van der Waals surface area contributed by atoms with Crippen molar-refractivity contribution in [3.05, 3.63) is 51.4 Å². The van der Waals surface area contributed by atoms with E-state index in [1.54, 1.807) is 18.2 Å². The molecule has 0 spiro atoms. The van der Waals surface area contributed by atoms with E-state index >= 15 is 0 Å². The van der Waals surface area contributed by atoms with Gasteiger partial charge in [-0.2, -0.15) is 8.75 Å². The topological polar surface area (TPSA) is 76.9 Å². The summed E-state index contributed by atoms with van der Waals surface area (Å²) in [6, 6.07) is 7.85. The predicted octanol–water partition coefficient (Wildman–Crippen LogP) is 2.30. The van der Waals surface area contributed by atoms with Gasteiger partial charge in [0.25, 0.3) is 11.5 Å². The number of rotatable bonds is 2. The normalized spacial score (nSPS) is 10.8. The summed E-state index contributed by atoms with van der Waals surface area (Å²) in [5.74, 6) is -0.433. The number of hydrogen-bond donors (Lipinski definition) is 1. The van der Waals surface area contributed by atoms with Gasteiger partial charge in [0.1, 0.15) is 16.7 Å². The van der Waals surface area contributed by atoms with E-state index in [2.05, 4.69) is 14.1 Å². The Balaban J connectivity index is 2.04. The Morgan fingerprint density at radius 3 is 2.90 bits per heavy atom. The molecule has 0 fully saturated rings. The second-order valence-electron chi connectivity index (χ2n) is 4.32. The van der Waals surface area contributed by atoms with E-state index in [4.69, 9.17) is 11.6 Å². The molecule has 2 heterocycles. The Morgan fingerprint density at radius 1 is 1.29 bits per heavy atom. The van der Waals surface area contributed by atoms with Crippen LogP contribution in [0.15, 0.2) is 35.1 Å². The molecule has 106 valence electrons. The van der Waals surface area contributed by atoms with Crippen molar-refractivity contribution in [3.8, 4) is 0 Å². The number of amides is 1. The maximum Gasteiger partial charge on any atom is 0.272 e. The lowest BCUT2D eigenvalue weighted by atomic mass is 10.2. The molecule has 1 amide bonds. The molecule has 0 saturated carbocycles. The molecule has 0 bridgehead atoms. The number of carbonyl (C=O) groups excluding carboxylic acids is 1. The molecule has 0 unspecified atom stereocenters. The molecular weight excluding hydrogens is 312 g/mol. The molecule has 1 aromatic carbocycles. The molecule has 0 saturated heterocycles. The van der Waals surface area contributed by atoms with Crippen LogP contribution in [0.5, 0.6) is 0 Å². The summed E-state index contributed by atoms with van der Waals surface area (Å²) in [5.41, 5.74) is 1.55. The second-order valence-corrected chi connectivity index (χ2v) is 5.25. The fourth-order valence-electron chi connectivity index (χ4n) is 1.92. The summed E-state index contributed by atoms with van der Waals surface area (Å²) in [6.45, 7) is 0. The SMILES string of the molecule is Cn1c(C(=O)Nc2c(Cl)ccc3nsnc23)cccc1=O. The van der Waals surface area contributed by atoms with Crippen LogP contribution < -0.4 is 10.9 Å². The van der Waals surface area contributed by atoms with Crippen LogP contribution in [0.25, 0.3) is 11.0 Å². The smallest absolute Gasteiger partial charge is 0.272 e. The lowest BCUT2D eigenvalue weighted by Crippen LogP contribution is -2.25. The summed E-state index contributed by atoms with van der Waals surface area (Å²) in [7, 11) is 1.53. The third-order valence-electron chi connectivity index (χ3n) is 3.03. The first-order chi connectivity index (χ1) is 10.1. The van der Waals surface area contributed by atoms with Crippen LogP contribution >= 0.6 is 23.3 Å². The number of hydrogen-bond acceptors (Lipinski definition) is 5. The molecule has 2 aromatic heterocycles. The van der Waals surface area contributed by atoms with Gasteiger partial charge in [0.15, 0.2) is 0 Å². The van der Waals surface area contributed by atoms with Gasteiger partial charge >= 0.3 is 0 Å². The number of anilines is 1. The monoisotopic (exact) mass is 320 g/mol. The molecule has 0 aliphatic carbocycles. The zero-order valence-corrected chi connectivity index (χ0v) is 12.4. The number of pyridine rings is 1. The summed E-state index contributed by atoms with van der Waals surface area (Å²) in [6.07, 6.45) is 0. The third-order valence-corrected chi connectivity index (χ3v) is 3.89. The van der Waals surface area contributed by atoms with E-state index in [1.807, 2.05) is 0 Å². The van der Waals surface area contributed by atoms with Gasteiger partial charge in [-0.15, -0.1) is 0 Å². The zero-order valence-electron chi connectivity index (χ0n) is 10.8. The molecule has 21 heavy (non-hydrogen) atoms. The number of nitrogens with one attached hydrogen (secondary N) is 1. The molecule has 0 aliphatic heterocycles. The Labute approximate surface area is 128 Å². The molecule has 1 N–H and O–H groups in total. The number of aromatic nitrogens is 3. The van der Waals surface area contributed by atoms with Crippen molar-refractivity contribution in [2.75, 3.05) is 5.32 Å². The summed E-state index contributed by atoms with van der Waals surface area (Å²) in [4.78, 5) is 23.9. The van der Waals surface area contributed by atoms with Crippen LogP contribution in [-0.2, 0) is 7.05 Å². The van der Waals surface area contributed by atoms with Crippen molar-refractivity contribution >= 4 is 46.0 Å². The predicted molar refractivity (Wildman–Crippen MR) is 82.1 cm³/mol. The highest BCUT2D eigenvalue weighted by atomic mass is 35.5. The Kier molecular flexibility index (Phi) is 3.44. The molecule has 0 aliphatic rings. The van der Waals surface area contributed by atoms with Crippen LogP contribution in [-0.4, -0.2) is 19.2 Å². The minimum absolute atomic E-state index is 0.235. The van der Waals surface area contributed by atoms with E-state index < -0.39 is 5.91 Å². The first kappa shape index (κ1) is 13.7. The second kappa shape index (κ2) is 5.27. The number of fused-ring (bicyclic) bond motifs is 1. The van der Waals surface area contributed by atoms with Gasteiger partial charge in [0, 0.05) is 13.1 Å². The Morgan fingerprint density at radius 2 is 2.10 bits per heavy atom. The van der Waals surface area contributed by atoms with Crippen molar-refractivity contribution < 1.29 is 4.79 Å². The summed E-state index contributed by atoms with van der Waals surface area (Å²) < 4.78 is 9.49. The van der Waals surface area contributed by atoms with Gasteiger partial charge in [-0.3, -0.25) is 9.59 Å². The minimum atomic E-state index is -0.433. The standard InChI is InChI=1S/C13H9ClN4O2S/c1-18-9(3-2-4-10(18)19)13(20)15-11-7(14)5-6-8-12(11)17-21-16-8/h2-6H,1H3,(H,15,20). The molecule has 3 aromatic rings. The lowest BCUT2D eigenvalue weighted by Gasteiger charge is -2.10. The van der Waals surface area contributed by atoms with Gasteiger partial charge in [0.2, 0.25) is 0 Å². The van der Waals surface area contributed by atoms with E-state index in [0.717, 1.165) is 11.7 Å². The third kappa shape index (κ3) is 2.41. The van der Waals surface area contributed by atoms with E-state index in [-0.39, 0.29) is 11.3 Å². The van der Waals surface area contributed by atoms with Crippen molar-refractivity contribution in [1.29, 1.82) is 0 Å². The van der Waals surface area contributed by atoms with Crippen molar-refractivity contribution in [2.24, 2.45) is 7.05 Å². The molecule has 8 heteroatoms.